The Labute approximate surface area is 153 Å². The first-order valence-electron chi connectivity index (χ1n) is 8.98. The maximum absolute atomic E-state index is 13.4. The van der Waals surface area contributed by atoms with Crippen LogP contribution in [0.4, 0.5) is 4.79 Å². The average Bonchev–Trinajstić information content (AvgIpc) is 2.94. The lowest BCUT2D eigenvalue weighted by molar-refractivity contribution is 0.0486. The minimum absolute atomic E-state index is 0.0622. The van der Waals surface area contributed by atoms with E-state index in [-0.39, 0.29) is 12.3 Å². The molecule has 0 unspecified atom stereocenters. The molecule has 0 radical (unpaired) electrons. The van der Waals surface area contributed by atoms with Gasteiger partial charge in [-0.05, 0) is 46.1 Å². The maximum atomic E-state index is 13.4. The SMILES string of the molecule is C=CC[C@]1(CNC(=O)OC(C)(C)C)CCc2[nH]c3ccccc3c2C1=O. The average molecular weight is 354 g/mol. The molecular weight excluding hydrogens is 328 g/mol. The fourth-order valence-electron chi connectivity index (χ4n) is 3.66. The van der Waals surface area contributed by atoms with Crippen molar-refractivity contribution in [1.82, 2.24) is 10.3 Å². The van der Waals surface area contributed by atoms with Gasteiger partial charge in [0, 0.05) is 28.7 Å². The van der Waals surface area contributed by atoms with Crippen molar-refractivity contribution in [3.05, 3.63) is 48.2 Å². The van der Waals surface area contributed by atoms with E-state index in [1.165, 1.54) is 0 Å². The Balaban J connectivity index is 1.89. The minimum atomic E-state index is -0.684. The van der Waals surface area contributed by atoms with Gasteiger partial charge in [-0.2, -0.15) is 0 Å². The molecule has 1 amide bonds. The highest BCUT2D eigenvalue weighted by atomic mass is 16.6. The molecule has 0 saturated heterocycles. The summed E-state index contributed by atoms with van der Waals surface area (Å²) in [6.07, 6.45) is 3.20. The quantitative estimate of drug-likeness (QED) is 0.800. The number of hydrogen-bond donors (Lipinski definition) is 2. The summed E-state index contributed by atoms with van der Waals surface area (Å²) in [6, 6.07) is 7.84. The fourth-order valence-corrected chi connectivity index (χ4v) is 3.66. The number of alkyl carbamates (subject to hydrolysis) is 1. The van der Waals surface area contributed by atoms with E-state index >= 15 is 0 Å². The molecule has 1 aliphatic rings. The summed E-state index contributed by atoms with van der Waals surface area (Å²) < 4.78 is 5.32. The number of aromatic amines is 1. The lowest BCUT2D eigenvalue weighted by Gasteiger charge is -2.35. The van der Waals surface area contributed by atoms with Gasteiger partial charge in [-0.25, -0.2) is 4.79 Å². The monoisotopic (exact) mass is 354 g/mol. The number of nitrogens with one attached hydrogen (secondary N) is 2. The van der Waals surface area contributed by atoms with Crippen molar-refractivity contribution in [2.24, 2.45) is 5.41 Å². The summed E-state index contributed by atoms with van der Waals surface area (Å²) in [5.74, 6) is 0.0622. The smallest absolute Gasteiger partial charge is 0.407 e. The topological polar surface area (TPSA) is 71.2 Å². The van der Waals surface area contributed by atoms with Crippen molar-refractivity contribution in [3.8, 4) is 0 Å². The Bertz CT molecular complexity index is 860. The van der Waals surface area contributed by atoms with Crippen LogP contribution in [0.15, 0.2) is 36.9 Å². The number of rotatable bonds is 4. The van der Waals surface area contributed by atoms with Gasteiger partial charge in [-0.15, -0.1) is 6.58 Å². The molecule has 1 aliphatic carbocycles. The Morgan fingerprint density at radius 3 is 2.81 bits per heavy atom. The Kier molecular flexibility index (Phi) is 4.65. The molecule has 138 valence electrons. The first-order valence-corrected chi connectivity index (χ1v) is 8.98. The molecule has 0 spiro atoms. The number of amides is 1. The van der Waals surface area contributed by atoms with Gasteiger partial charge in [-0.3, -0.25) is 4.79 Å². The van der Waals surface area contributed by atoms with E-state index in [0.717, 1.165) is 28.6 Å². The van der Waals surface area contributed by atoms with Crippen molar-refractivity contribution < 1.29 is 14.3 Å². The van der Waals surface area contributed by atoms with Gasteiger partial charge in [0.1, 0.15) is 5.60 Å². The summed E-state index contributed by atoms with van der Waals surface area (Å²) in [6.45, 7) is 9.51. The van der Waals surface area contributed by atoms with Crippen molar-refractivity contribution in [2.45, 2.75) is 45.6 Å². The number of para-hydroxylation sites is 1. The van der Waals surface area contributed by atoms with Crippen LogP contribution in [0.3, 0.4) is 0 Å². The molecule has 1 atom stereocenters. The van der Waals surface area contributed by atoms with Crippen LogP contribution in [0.25, 0.3) is 10.9 Å². The molecule has 2 N–H and O–H groups in total. The summed E-state index contributed by atoms with van der Waals surface area (Å²) in [7, 11) is 0. The third-order valence-corrected chi connectivity index (χ3v) is 4.85. The van der Waals surface area contributed by atoms with Crippen molar-refractivity contribution in [3.63, 3.8) is 0 Å². The number of Topliss-reactive ketones (excluding diaryl/α,β-unsaturated/α-hetero) is 1. The first kappa shape index (κ1) is 18.2. The van der Waals surface area contributed by atoms with E-state index < -0.39 is 17.1 Å². The number of aromatic nitrogens is 1. The molecule has 0 fully saturated rings. The Hall–Kier alpha value is -2.56. The van der Waals surface area contributed by atoms with E-state index in [0.29, 0.717) is 12.8 Å². The third kappa shape index (κ3) is 3.39. The molecule has 5 heteroatoms. The molecule has 26 heavy (non-hydrogen) atoms. The molecule has 1 aromatic heterocycles. The maximum Gasteiger partial charge on any atom is 0.407 e. The second-order valence-electron chi connectivity index (χ2n) is 7.98. The van der Waals surface area contributed by atoms with E-state index in [4.69, 9.17) is 4.74 Å². The molecule has 1 heterocycles. The van der Waals surface area contributed by atoms with Crippen LogP contribution in [0.1, 0.15) is 49.7 Å². The number of carbonyl (C=O) groups excluding carboxylic acids is 2. The number of hydrogen-bond acceptors (Lipinski definition) is 3. The van der Waals surface area contributed by atoms with Gasteiger partial charge in [0.25, 0.3) is 0 Å². The van der Waals surface area contributed by atoms with Gasteiger partial charge in [0.2, 0.25) is 0 Å². The van der Waals surface area contributed by atoms with Gasteiger partial charge in [0.05, 0.1) is 5.41 Å². The van der Waals surface area contributed by atoms with Crippen LogP contribution >= 0.6 is 0 Å². The lowest BCUT2D eigenvalue weighted by atomic mass is 9.69. The van der Waals surface area contributed by atoms with Gasteiger partial charge in [-0.1, -0.05) is 24.3 Å². The summed E-state index contributed by atoms with van der Waals surface area (Å²) in [4.78, 5) is 28.9. The van der Waals surface area contributed by atoms with E-state index in [1.807, 2.05) is 45.0 Å². The second-order valence-corrected chi connectivity index (χ2v) is 7.98. The van der Waals surface area contributed by atoms with Gasteiger partial charge < -0.3 is 15.0 Å². The van der Waals surface area contributed by atoms with E-state index in [1.54, 1.807) is 6.08 Å². The predicted octanol–water partition coefficient (Wildman–Crippen LogP) is 4.38. The molecule has 1 aromatic carbocycles. The number of ketones is 1. The molecule has 0 aliphatic heterocycles. The zero-order valence-electron chi connectivity index (χ0n) is 15.6. The number of benzene rings is 1. The van der Waals surface area contributed by atoms with Gasteiger partial charge >= 0.3 is 6.09 Å². The van der Waals surface area contributed by atoms with Crippen molar-refractivity contribution >= 4 is 22.8 Å². The highest BCUT2D eigenvalue weighted by Gasteiger charge is 2.43. The van der Waals surface area contributed by atoms with Crippen LogP contribution in [-0.2, 0) is 11.2 Å². The van der Waals surface area contributed by atoms with E-state index in [9.17, 15) is 9.59 Å². The van der Waals surface area contributed by atoms with Crippen LogP contribution in [-0.4, -0.2) is 29.0 Å². The van der Waals surface area contributed by atoms with Crippen molar-refractivity contribution in [2.75, 3.05) is 6.54 Å². The molecule has 0 saturated carbocycles. The molecule has 5 nitrogen and oxygen atoms in total. The number of fused-ring (bicyclic) bond motifs is 3. The van der Waals surface area contributed by atoms with Crippen LogP contribution < -0.4 is 5.32 Å². The number of allylic oxidation sites excluding steroid dienone is 1. The Morgan fingerprint density at radius 2 is 2.12 bits per heavy atom. The molecular formula is C21H26N2O3. The zero-order chi connectivity index (χ0) is 18.9. The first-order chi connectivity index (χ1) is 12.3. The largest absolute Gasteiger partial charge is 0.444 e. The lowest BCUT2D eigenvalue weighted by Crippen LogP contribution is -2.46. The fraction of sp³-hybridized carbons (Fsp3) is 0.429. The standard InChI is InChI=1S/C21H26N2O3/c1-5-11-21(13-22-19(25)26-20(2,3)4)12-10-16-17(18(21)24)14-8-6-7-9-15(14)23-16/h5-9,23H,1,10-13H2,2-4H3,(H,22,25)/t21-/m1/s1. The van der Waals surface area contributed by atoms with E-state index in [2.05, 4.69) is 16.9 Å². The third-order valence-electron chi connectivity index (χ3n) is 4.85. The number of ether oxygens (including phenoxy) is 1. The van der Waals surface area contributed by atoms with Crippen LogP contribution in [0.5, 0.6) is 0 Å². The highest BCUT2D eigenvalue weighted by Crippen LogP contribution is 2.41. The normalized spacial score (nSPS) is 19.9. The Morgan fingerprint density at radius 1 is 1.38 bits per heavy atom. The summed E-state index contributed by atoms with van der Waals surface area (Å²) >= 11 is 0. The number of H-pyrrole nitrogens is 1. The highest BCUT2D eigenvalue weighted by molar-refractivity contribution is 6.12. The predicted molar refractivity (Wildman–Crippen MR) is 102 cm³/mol. The summed E-state index contributed by atoms with van der Waals surface area (Å²) in [5, 5.41) is 3.74. The molecule has 2 aromatic rings. The van der Waals surface area contributed by atoms with Crippen LogP contribution in [0, 0.1) is 5.41 Å². The van der Waals surface area contributed by atoms with Crippen molar-refractivity contribution in [1.29, 1.82) is 0 Å². The number of aryl methyl sites for hydroxylation is 1. The van der Waals surface area contributed by atoms with Crippen LogP contribution in [0.2, 0.25) is 0 Å². The molecule has 0 bridgehead atoms. The zero-order valence-corrected chi connectivity index (χ0v) is 15.6. The second kappa shape index (κ2) is 6.63. The minimum Gasteiger partial charge on any atom is -0.444 e. The van der Waals surface area contributed by atoms with Gasteiger partial charge in [0.15, 0.2) is 5.78 Å². The number of carbonyl (C=O) groups is 2. The summed E-state index contributed by atoms with van der Waals surface area (Å²) in [5.41, 5.74) is 1.44. The molecule has 3 rings (SSSR count).